The van der Waals surface area contributed by atoms with E-state index in [1.807, 2.05) is 41.7 Å². The quantitative estimate of drug-likeness (QED) is 0.184. The van der Waals surface area contributed by atoms with Crippen LogP contribution in [0.3, 0.4) is 0 Å². The second-order valence-corrected chi connectivity index (χ2v) is 14.3. The second-order valence-electron chi connectivity index (χ2n) is 13.2. The van der Waals surface area contributed by atoms with E-state index in [1.165, 1.54) is 58.0 Å². The van der Waals surface area contributed by atoms with Gasteiger partial charge in [0.25, 0.3) is 0 Å². The van der Waals surface area contributed by atoms with Crippen molar-refractivity contribution >= 4 is 102 Å². The molecule has 5 nitrogen and oxygen atoms in total. The average Bonchev–Trinajstić information content (AvgIpc) is 3.86. The smallest absolute Gasteiger partial charge is 0.238 e. The number of aromatic nitrogens is 5. The van der Waals surface area contributed by atoms with Crippen molar-refractivity contribution in [2.24, 2.45) is 0 Å². The maximum Gasteiger partial charge on any atom is 0.238 e. The van der Waals surface area contributed by atoms with Crippen molar-refractivity contribution in [2.75, 3.05) is 0 Å². The van der Waals surface area contributed by atoms with E-state index >= 15 is 0 Å². The van der Waals surface area contributed by atoms with E-state index in [2.05, 4.69) is 129 Å². The van der Waals surface area contributed by atoms with Crippen molar-refractivity contribution in [1.29, 1.82) is 0 Å². The molecule has 0 N–H and O–H groups in total. The van der Waals surface area contributed by atoms with E-state index in [1.54, 1.807) is 6.33 Å². The predicted molar refractivity (Wildman–Crippen MR) is 213 cm³/mol. The van der Waals surface area contributed by atoms with E-state index in [-0.39, 0.29) is 0 Å². The lowest BCUT2D eigenvalue weighted by Gasteiger charge is -2.10. The third-order valence-electron chi connectivity index (χ3n) is 10.6. The van der Waals surface area contributed by atoms with Crippen molar-refractivity contribution < 1.29 is 0 Å². The lowest BCUT2D eigenvalue weighted by atomic mass is 10.0. The van der Waals surface area contributed by atoms with Crippen molar-refractivity contribution in [3.63, 3.8) is 0 Å². The van der Waals surface area contributed by atoms with Crippen molar-refractivity contribution in [3.05, 3.63) is 152 Å². The Morgan fingerprint density at radius 3 is 1.73 bits per heavy atom. The summed E-state index contributed by atoms with van der Waals surface area (Å²) in [6.07, 6.45) is 1.64. The molecule has 236 valence electrons. The molecule has 0 atom stereocenters. The molecule has 5 aromatic heterocycles. The molecule has 0 fully saturated rings. The SMILES string of the molecule is c1ccc(-c2ncnc(-n3c4ccccc4c4ccc5c6cccc7c8cccc9sc%10cccc(c%11ccccc%11n(c76)c5c43)c%10c98)n2)cc1. The van der Waals surface area contributed by atoms with Crippen LogP contribution in [-0.4, -0.2) is 23.9 Å². The van der Waals surface area contributed by atoms with Crippen LogP contribution in [0.25, 0.3) is 108 Å². The zero-order valence-electron chi connectivity index (χ0n) is 27.1. The minimum absolute atomic E-state index is 0.591. The van der Waals surface area contributed by atoms with Gasteiger partial charge in [-0.1, -0.05) is 121 Å². The van der Waals surface area contributed by atoms with Crippen LogP contribution in [0, 0.1) is 0 Å². The van der Waals surface area contributed by atoms with Gasteiger partial charge in [-0.25, -0.2) is 9.97 Å². The molecule has 5 heterocycles. The first kappa shape index (κ1) is 27.2. The minimum atomic E-state index is 0.591. The Balaban J connectivity index is 1.40. The Bertz CT molecular complexity index is 3430. The Labute approximate surface area is 294 Å². The van der Waals surface area contributed by atoms with Gasteiger partial charge < -0.3 is 4.40 Å². The summed E-state index contributed by atoms with van der Waals surface area (Å²) in [5.41, 5.74) is 6.55. The number of nitrogens with zero attached hydrogens (tertiary/aromatic N) is 5. The zero-order valence-corrected chi connectivity index (χ0v) is 27.9. The van der Waals surface area contributed by atoms with Gasteiger partial charge in [-0.15, -0.1) is 11.3 Å². The molecule has 0 radical (unpaired) electrons. The molecule has 6 heteroatoms. The topological polar surface area (TPSA) is 48.0 Å². The molecule has 51 heavy (non-hydrogen) atoms. The minimum Gasteiger partial charge on any atom is -0.306 e. The van der Waals surface area contributed by atoms with Crippen LogP contribution in [0.2, 0.25) is 0 Å². The third kappa shape index (κ3) is 3.56. The molecule has 0 saturated heterocycles. The number of benzene rings is 7. The zero-order chi connectivity index (χ0) is 33.2. The van der Waals surface area contributed by atoms with Gasteiger partial charge in [0.2, 0.25) is 5.95 Å². The van der Waals surface area contributed by atoms with Gasteiger partial charge in [-0.2, -0.15) is 4.98 Å². The summed E-state index contributed by atoms with van der Waals surface area (Å²) >= 11 is 1.88. The van der Waals surface area contributed by atoms with Crippen LogP contribution < -0.4 is 0 Å². The highest BCUT2D eigenvalue weighted by Crippen LogP contribution is 2.46. The standard InChI is InChI=1S/C45H25N5S/c1-2-11-26(12-3-1)44-46-25-47-45(48-44)50-36-20-7-5-14-28(36)33-23-24-34-32-18-8-17-31-30-16-10-22-38-40(30)39-29(15-9-21-37(39)51-38)27-13-4-6-19-35(27)49(41(31)32)42(34)43(33)50/h1-25H. The van der Waals surface area contributed by atoms with Crippen molar-refractivity contribution in [3.8, 4) is 17.3 Å². The Morgan fingerprint density at radius 1 is 0.412 bits per heavy atom. The molecule has 0 unspecified atom stereocenters. The van der Waals surface area contributed by atoms with Crippen LogP contribution in [0.1, 0.15) is 0 Å². The maximum absolute atomic E-state index is 5.13. The number of thiophene rings is 1. The first-order valence-corrected chi connectivity index (χ1v) is 17.9. The average molecular weight is 668 g/mol. The molecule has 0 saturated carbocycles. The van der Waals surface area contributed by atoms with Crippen LogP contribution in [-0.2, 0) is 0 Å². The molecule has 0 spiro atoms. The molecular weight excluding hydrogens is 643 g/mol. The van der Waals surface area contributed by atoms with Crippen LogP contribution in [0.5, 0.6) is 0 Å². The van der Waals surface area contributed by atoms with Crippen LogP contribution >= 0.6 is 11.3 Å². The highest BCUT2D eigenvalue weighted by Gasteiger charge is 2.23. The summed E-state index contributed by atoms with van der Waals surface area (Å²) in [7, 11) is 0. The summed E-state index contributed by atoms with van der Waals surface area (Å²) < 4.78 is 7.39. The van der Waals surface area contributed by atoms with E-state index in [4.69, 9.17) is 9.97 Å². The van der Waals surface area contributed by atoms with Gasteiger partial charge in [0.1, 0.15) is 6.33 Å². The highest BCUT2D eigenvalue weighted by molar-refractivity contribution is 7.26. The van der Waals surface area contributed by atoms with Gasteiger partial charge in [0.15, 0.2) is 5.82 Å². The fraction of sp³-hybridized carbons (Fsp3) is 0. The van der Waals surface area contributed by atoms with Crippen LogP contribution in [0.4, 0.5) is 0 Å². The Morgan fingerprint density at radius 2 is 0.961 bits per heavy atom. The number of rotatable bonds is 2. The summed E-state index contributed by atoms with van der Waals surface area (Å²) in [5.74, 6) is 1.23. The van der Waals surface area contributed by atoms with Gasteiger partial charge in [0, 0.05) is 58.1 Å². The lowest BCUT2D eigenvalue weighted by molar-refractivity contribution is 0.947. The van der Waals surface area contributed by atoms with E-state index in [9.17, 15) is 0 Å². The van der Waals surface area contributed by atoms with Gasteiger partial charge in [-0.05, 0) is 35.0 Å². The third-order valence-corrected chi connectivity index (χ3v) is 11.7. The molecular formula is C45H25N5S. The van der Waals surface area contributed by atoms with Crippen molar-refractivity contribution in [1.82, 2.24) is 23.9 Å². The summed E-state index contributed by atoms with van der Waals surface area (Å²) in [6.45, 7) is 0. The number of fused-ring (bicyclic) bond motifs is 11. The van der Waals surface area contributed by atoms with Gasteiger partial charge in [0.05, 0.1) is 27.6 Å². The normalized spacial score (nSPS) is 12.3. The van der Waals surface area contributed by atoms with Crippen LogP contribution in [0.15, 0.2) is 152 Å². The Kier molecular flexibility index (Phi) is 5.32. The lowest BCUT2D eigenvalue weighted by Crippen LogP contribution is -2.04. The fourth-order valence-corrected chi connectivity index (χ4v) is 9.76. The van der Waals surface area contributed by atoms with Gasteiger partial charge >= 0.3 is 0 Å². The van der Waals surface area contributed by atoms with E-state index in [0.29, 0.717) is 11.8 Å². The number of hydrogen-bond acceptors (Lipinski definition) is 4. The summed E-state index contributed by atoms with van der Waals surface area (Å²) in [4.78, 5) is 14.6. The molecule has 12 aromatic rings. The molecule has 7 aromatic carbocycles. The summed E-state index contributed by atoms with van der Waals surface area (Å²) in [6, 6.07) is 52.6. The van der Waals surface area contributed by atoms with Crippen molar-refractivity contribution in [2.45, 2.75) is 0 Å². The summed E-state index contributed by atoms with van der Waals surface area (Å²) in [5, 5.41) is 12.3. The molecule has 0 aliphatic rings. The van der Waals surface area contributed by atoms with Gasteiger partial charge in [-0.3, -0.25) is 4.57 Å². The van der Waals surface area contributed by atoms with E-state index in [0.717, 1.165) is 38.4 Å². The largest absolute Gasteiger partial charge is 0.306 e. The molecule has 0 aliphatic carbocycles. The monoisotopic (exact) mass is 667 g/mol. The Hall–Kier alpha value is -6.63. The predicted octanol–water partition coefficient (Wildman–Crippen LogP) is 11.9. The second kappa shape index (κ2) is 9.97. The first-order chi connectivity index (χ1) is 25.3. The molecule has 0 amide bonds. The first-order valence-electron chi connectivity index (χ1n) is 17.1. The molecule has 12 rings (SSSR count). The molecule has 0 aliphatic heterocycles. The van der Waals surface area contributed by atoms with E-state index < -0.39 is 0 Å². The number of hydrogen-bond donors (Lipinski definition) is 0. The number of para-hydroxylation sites is 3. The fourth-order valence-electron chi connectivity index (χ4n) is 8.60. The molecule has 0 bridgehead atoms. The maximum atomic E-state index is 5.13. The highest BCUT2D eigenvalue weighted by atomic mass is 32.1.